The first-order valence-electron chi connectivity index (χ1n) is 27.0. The molecule has 0 spiro atoms. The highest BCUT2D eigenvalue weighted by atomic mass is 15.2. The molecule has 3 unspecified atom stereocenters. The highest BCUT2D eigenvalue weighted by Crippen LogP contribution is 2.55. The molecule has 0 bridgehead atoms. The summed E-state index contributed by atoms with van der Waals surface area (Å²) in [5.74, 6) is 0.576. The average molecular weight is 984 g/mol. The molecule has 3 nitrogen and oxygen atoms in total. The quantitative estimate of drug-likeness (QED) is 0.158. The van der Waals surface area contributed by atoms with Gasteiger partial charge in [0.15, 0.2) is 0 Å². The van der Waals surface area contributed by atoms with Crippen molar-refractivity contribution in [2.45, 2.75) is 24.2 Å². The summed E-state index contributed by atoms with van der Waals surface area (Å²) in [6, 6.07) is 99.2. The van der Waals surface area contributed by atoms with E-state index < -0.39 is 0 Å². The summed E-state index contributed by atoms with van der Waals surface area (Å²) in [6.07, 6.45) is 10.00. The molecule has 11 aromatic rings. The summed E-state index contributed by atoms with van der Waals surface area (Å²) in [6.45, 7) is 0. The number of nitrogens with zero attached hydrogens (tertiary/aromatic N) is 3. The number of benzene rings is 11. The number of para-hydroxylation sites is 6. The summed E-state index contributed by atoms with van der Waals surface area (Å²) in [7, 11) is 0. The number of hydrogen-bond acceptors (Lipinski definition) is 3. The zero-order valence-electron chi connectivity index (χ0n) is 42.5. The monoisotopic (exact) mass is 983 g/mol. The maximum absolute atomic E-state index is 2.49. The Morgan fingerprint density at radius 3 is 0.883 bits per heavy atom. The molecule has 0 N–H and O–H groups in total. The van der Waals surface area contributed by atoms with Gasteiger partial charge >= 0.3 is 0 Å². The van der Waals surface area contributed by atoms with Gasteiger partial charge in [0, 0.05) is 68.4 Å². The van der Waals surface area contributed by atoms with Gasteiger partial charge in [0.1, 0.15) is 0 Å². The van der Waals surface area contributed by atoms with Crippen molar-refractivity contribution < 1.29 is 0 Å². The van der Waals surface area contributed by atoms with Crippen LogP contribution in [-0.4, -0.2) is 0 Å². The molecule has 0 amide bonds. The Balaban J connectivity index is 0.834. The van der Waals surface area contributed by atoms with Crippen LogP contribution in [0.4, 0.5) is 51.2 Å². The molecule has 77 heavy (non-hydrogen) atoms. The second-order valence-corrected chi connectivity index (χ2v) is 20.7. The maximum Gasteiger partial charge on any atom is 0.0540 e. The van der Waals surface area contributed by atoms with E-state index in [1.54, 1.807) is 0 Å². The van der Waals surface area contributed by atoms with E-state index in [1.807, 2.05) is 0 Å². The lowest BCUT2D eigenvalue weighted by Gasteiger charge is -2.29. The summed E-state index contributed by atoms with van der Waals surface area (Å²) in [5.41, 5.74) is 27.0. The minimum atomic E-state index is 0.0629. The fourth-order valence-corrected chi connectivity index (χ4v) is 13.0. The van der Waals surface area contributed by atoms with Crippen LogP contribution in [0.15, 0.2) is 291 Å². The van der Waals surface area contributed by atoms with Gasteiger partial charge in [0.05, 0.1) is 22.7 Å². The lowest BCUT2D eigenvalue weighted by molar-refractivity contribution is 0.739. The Bertz CT molecular complexity index is 3910. The molecule has 3 heterocycles. The molecule has 1 aliphatic carbocycles. The zero-order chi connectivity index (χ0) is 50.8. The minimum Gasteiger partial charge on any atom is -0.310 e. The van der Waals surface area contributed by atoms with Crippen LogP contribution in [0, 0.1) is 0 Å². The Kier molecular flexibility index (Phi) is 10.8. The van der Waals surface area contributed by atoms with Crippen LogP contribution in [0.3, 0.4) is 0 Å². The summed E-state index contributed by atoms with van der Waals surface area (Å²) < 4.78 is 0. The standard InChI is InChI=1S/C74H53N3/c1-2-20-57-56(19-1)62-25-7-13-31-69(62)75(70-32-14-8-26-63(57)70)53-43-37-50(38-44-53)49-68(51-39-45-54(46-40-51)76-71-33-15-9-27-64(71)58-21-3-4-22-59(58)65-28-10-16-34-72(65)76)52-41-47-55(48-42-52)77-73-35-17-11-29-66(73)60-23-5-6-24-61(60)67-30-12-18-36-74(67)77/h1-48,58-59,68H,49H2. The van der Waals surface area contributed by atoms with Gasteiger partial charge < -0.3 is 14.7 Å². The number of allylic oxidation sites excluding steroid dienone is 4. The first kappa shape index (κ1) is 44.8. The van der Waals surface area contributed by atoms with E-state index in [4.69, 9.17) is 0 Å². The fraction of sp³-hybridized carbons (Fsp3) is 0.0541. The zero-order valence-corrected chi connectivity index (χ0v) is 42.5. The van der Waals surface area contributed by atoms with Gasteiger partial charge in [-0.2, -0.15) is 0 Å². The van der Waals surface area contributed by atoms with E-state index in [1.165, 1.54) is 106 Å². The van der Waals surface area contributed by atoms with Crippen molar-refractivity contribution in [1.29, 1.82) is 0 Å². The van der Waals surface area contributed by atoms with Crippen molar-refractivity contribution in [3.8, 4) is 44.5 Å². The van der Waals surface area contributed by atoms with E-state index in [9.17, 15) is 0 Å². The van der Waals surface area contributed by atoms with E-state index in [0.717, 1.165) is 23.5 Å². The molecule has 11 aromatic carbocycles. The highest BCUT2D eigenvalue weighted by molar-refractivity contribution is 6.04. The number of anilines is 9. The molecule has 0 aromatic heterocycles. The molecule has 0 saturated carbocycles. The van der Waals surface area contributed by atoms with Crippen LogP contribution in [0.1, 0.15) is 45.6 Å². The predicted octanol–water partition coefficient (Wildman–Crippen LogP) is 20.1. The molecule has 15 rings (SSSR count). The van der Waals surface area contributed by atoms with Crippen LogP contribution in [0.5, 0.6) is 0 Å². The molecule has 3 aliphatic heterocycles. The third-order valence-electron chi connectivity index (χ3n) is 16.5. The van der Waals surface area contributed by atoms with Crippen LogP contribution in [0.2, 0.25) is 0 Å². The van der Waals surface area contributed by atoms with Gasteiger partial charge in [0.2, 0.25) is 0 Å². The molecule has 0 saturated heterocycles. The Morgan fingerprint density at radius 1 is 0.260 bits per heavy atom. The summed E-state index contributed by atoms with van der Waals surface area (Å²) in [4.78, 5) is 7.39. The molecule has 0 fully saturated rings. The van der Waals surface area contributed by atoms with Crippen molar-refractivity contribution in [3.05, 3.63) is 319 Å². The van der Waals surface area contributed by atoms with E-state index in [-0.39, 0.29) is 17.8 Å². The largest absolute Gasteiger partial charge is 0.310 e. The van der Waals surface area contributed by atoms with Gasteiger partial charge in [0.25, 0.3) is 0 Å². The third-order valence-corrected chi connectivity index (χ3v) is 16.5. The minimum absolute atomic E-state index is 0.0629. The molecular weight excluding hydrogens is 931 g/mol. The molecule has 3 atom stereocenters. The van der Waals surface area contributed by atoms with Crippen LogP contribution >= 0.6 is 0 Å². The molecule has 4 aliphatic rings. The first-order chi connectivity index (χ1) is 38.2. The fourth-order valence-electron chi connectivity index (χ4n) is 13.0. The Morgan fingerprint density at radius 2 is 0.532 bits per heavy atom. The number of rotatable bonds is 7. The second-order valence-electron chi connectivity index (χ2n) is 20.7. The Hall–Kier alpha value is -9.70. The second kappa shape index (κ2) is 18.6. The lowest BCUT2D eigenvalue weighted by Crippen LogP contribution is -2.13. The normalized spacial score (nSPS) is 15.6. The Labute approximate surface area is 451 Å². The predicted molar refractivity (Wildman–Crippen MR) is 322 cm³/mol. The van der Waals surface area contributed by atoms with Crippen molar-refractivity contribution in [2.24, 2.45) is 0 Å². The van der Waals surface area contributed by atoms with Gasteiger partial charge in [-0.15, -0.1) is 0 Å². The summed E-state index contributed by atoms with van der Waals surface area (Å²) in [5, 5.41) is 0. The van der Waals surface area contributed by atoms with Crippen molar-refractivity contribution in [1.82, 2.24) is 0 Å². The molecular formula is C74H53N3. The van der Waals surface area contributed by atoms with Gasteiger partial charge in [-0.25, -0.2) is 0 Å². The number of fused-ring (bicyclic) bond motifs is 15. The average Bonchev–Trinajstić information content (AvgIpc) is 3.96. The molecule has 0 radical (unpaired) electrons. The molecule has 364 valence electrons. The highest BCUT2D eigenvalue weighted by Gasteiger charge is 2.34. The van der Waals surface area contributed by atoms with Gasteiger partial charge in [-0.1, -0.05) is 218 Å². The van der Waals surface area contributed by atoms with E-state index >= 15 is 0 Å². The SMILES string of the molecule is C1=CC2c3ccccc3N(c3ccc(C(Cc4ccc(N5c6ccccc6-c6ccccc6-c6ccccc65)cc4)c4ccc(N5c6ccccc6-c6ccccc6-c6ccccc65)cc4)cc3)c3ccccc3C2C=C1. The third kappa shape index (κ3) is 7.49. The first-order valence-corrected chi connectivity index (χ1v) is 27.0. The maximum atomic E-state index is 2.49. The molecule has 3 heteroatoms. The van der Waals surface area contributed by atoms with E-state index in [0.29, 0.717) is 0 Å². The number of hydrogen-bond donors (Lipinski definition) is 0. The topological polar surface area (TPSA) is 9.72 Å². The van der Waals surface area contributed by atoms with Crippen LogP contribution in [0.25, 0.3) is 44.5 Å². The smallest absolute Gasteiger partial charge is 0.0540 e. The van der Waals surface area contributed by atoms with Crippen LogP contribution in [-0.2, 0) is 6.42 Å². The van der Waals surface area contributed by atoms with Crippen LogP contribution < -0.4 is 14.7 Å². The van der Waals surface area contributed by atoms with Crippen molar-refractivity contribution in [2.75, 3.05) is 14.7 Å². The van der Waals surface area contributed by atoms with E-state index in [2.05, 4.69) is 306 Å². The van der Waals surface area contributed by atoms with Crippen molar-refractivity contribution >= 4 is 51.2 Å². The summed E-state index contributed by atoms with van der Waals surface area (Å²) >= 11 is 0. The lowest BCUT2D eigenvalue weighted by atomic mass is 9.79. The van der Waals surface area contributed by atoms with Gasteiger partial charge in [-0.3, -0.25) is 0 Å². The van der Waals surface area contributed by atoms with Crippen molar-refractivity contribution in [3.63, 3.8) is 0 Å². The van der Waals surface area contributed by atoms with Gasteiger partial charge in [-0.05, 0) is 129 Å².